The van der Waals surface area contributed by atoms with Gasteiger partial charge in [-0.05, 0) is 57.0 Å². The topological polar surface area (TPSA) is 133 Å². The van der Waals surface area contributed by atoms with Gasteiger partial charge in [0, 0.05) is 62.5 Å². The largest absolute Gasteiger partial charge is 0.497 e. The van der Waals surface area contributed by atoms with Gasteiger partial charge in [-0.3, -0.25) is 4.79 Å². The second-order valence-corrected chi connectivity index (χ2v) is 13.3. The molecule has 0 aliphatic carbocycles. The third-order valence-electron chi connectivity index (χ3n) is 8.28. The molecule has 1 amide bonds. The number of hydrogen-bond acceptors (Lipinski definition) is 8. The first-order valence-electron chi connectivity index (χ1n) is 14.5. The minimum atomic E-state index is -5.08. The van der Waals surface area contributed by atoms with Crippen LogP contribution in [0.2, 0.25) is 0 Å². The fraction of sp³-hybridized carbons (Fsp3) is 0.452. The maximum Gasteiger partial charge on any atom is 0.490 e. The van der Waals surface area contributed by atoms with Crippen LogP contribution < -0.4 is 9.64 Å². The molecule has 46 heavy (non-hydrogen) atoms. The third kappa shape index (κ3) is 7.47. The number of carboxylic acid groups (broad SMARTS) is 1. The van der Waals surface area contributed by atoms with Crippen LogP contribution in [0.3, 0.4) is 0 Å². The molecule has 250 valence electrons. The Morgan fingerprint density at radius 3 is 2.22 bits per heavy atom. The van der Waals surface area contributed by atoms with Crippen LogP contribution in [-0.2, 0) is 19.6 Å². The van der Waals surface area contributed by atoms with Gasteiger partial charge in [-0.2, -0.15) is 17.5 Å². The summed E-state index contributed by atoms with van der Waals surface area (Å²) in [6.07, 6.45) is -5.08. The minimum absolute atomic E-state index is 0.0241. The van der Waals surface area contributed by atoms with Crippen LogP contribution in [-0.4, -0.2) is 92.3 Å². The second kappa shape index (κ2) is 13.7. The highest BCUT2D eigenvalue weighted by Gasteiger charge is 2.47. The molecule has 0 spiro atoms. The molecule has 1 aromatic heterocycles. The van der Waals surface area contributed by atoms with E-state index in [1.807, 2.05) is 18.7 Å². The van der Waals surface area contributed by atoms with E-state index < -0.39 is 28.1 Å². The highest BCUT2D eigenvalue weighted by Crippen LogP contribution is 2.40. The maximum atomic E-state index is 14.0. The van der Waals surface area contributed by atoms with Crippen LogP contribution in [0, 0.1) is 33.6 Å². The van der Waals surface area contributed by atoms with Crippen molar-refractivity contribution in [1.29, 1.82) is 0 Å². The molecular formula is C31H37F3N4O7S. The fourth-order valence-corrected chi connectivity index (χ4v) is 7.43. The van der Waals surface area contributed by atoms with E-state index >= 15 is 0 Å². The molecule has 3 aromatic rings. The van der Waals surface area contributed by atoms with E-state index in [4.69, 9.17) is 19.2 Å². The number of aryl methyl sites for hydroxylation is 4. The smallest absolute Gasteiger partial charge is 0.490 e. The van der Waals surface area contributed by atoms with Gasteiger partial charge in [-0.15, -0.1) is 0 Å². The van der Waals surface area contributed by atoms with Crippen molar-refractivity contribution < 1.29 is 45.5 Å². The van der Waals surface area contributed by atoms with Gasteiger partial charge in [0.1, 0.15) is 11.5 Å². The minimum Gasteiger partial charge on any atom is -0.497 e. The number of rotatable bonds is 6. The van der Waals surface area contributed by atoms with Crippen LogP contribution in [0.4, 0.5) is 18.9 Å². The highest BCUT2D eigenvalue weighted by molar-refractivity contribution is 7.89. The zero-order valence-corrected chi connectivity index (χ0v) is 27.0. The number of carboxylic acids is 1. The molecule has 5 rings (SSSR count). The number of nitrogens with zero attached hydrogens (tertiary/aromatic N) is 4. The number of carbonyl (C=O) groups excluding carboxylic acids is 1. The van der Waals surface area contributed by atoms with Gasteiger partial charge in [0.25, 0.3) is 0 Å². The first kappa shape index (κ1) is 34.8. The van der Waals surface area contributed by atoms with Crippen molar-refractivity contribution in [3.05, 3.63) is 70.6 Å². The quantitative estimate of drug-likeness (QED) is 0.409. The number of aromatic nitrogens is 1. The highest BCUT2D eigenvalue weighted by atomic mass is 32.2. The molecule has 2 fully saturated rings. The molecule has 0 saturated carbocycles. The summed E-state index contributed by atoms with van der Waals surface area (Å²) in [7, 11) is -2.34. The Kier molecular flexibility index (Phi) is 10.4. The molecule has 0 bridgehead atoms. The van der Waals surface area contributed by atoms with Crippen molar-refractivity contribution in [3.63, 3.8) is 0 Å². The number of hydrogen-bond donors (Lipinski definition) is 1. The maximum absolute atomic E-state index is 14.0. The van der Waals surface area contributed by atoms with E-state index in [0.29, 0.717) is 30.3 Å². The van der Waals surface area contributed by atoms with Crippen LogP contribution in [0.5, 0.6) is 5.75 Å². The fourth-order valence-electron chi connectivity index (χ4n) is 5.90. The van der Waals surface area contributed by atoms with Crippen LogP contribution in [0.1, 0.15) is 34.1 Å². The third-order valence-corrected chi connectivity index (χ3v) is 10.1. The van der Waals surface area contributed by atoms with E-state index in [9.17, 15) is 26.4 Å². The lowest BCUT2D eigenvalue weighted by atomic mass is 9.86. The van der Waals surface area contributed by atoms with E-state index in [0.717, 1.165) is 18.7 Å². The van der Waals surface area contributed by atoms with Gasteiger partial charge >= 0.3 is 12.1 Å². The van der Waals surface area contributed by atoms with Crippen LogP contribution in [0.15, 0.2) is 51.9 Å². The number of amides is 1. The SMILES string of the molecule is COc1cccc(S(=O)(=O)N2CC(C(=O)N3CCN(c4cc(C)ccc4C)CC3)[C@H](c3c(C)noc3C)C2)c1.O=C(O)C(F)(F)F. The van der Waals surface area contributed by atoms with Crippen molar-refractivity contribution in [3.8, 4) is 5.75 Å². The Bertz CT molecular complexity index is 1670. The number of ether oxygens (including phenoxy) is 1. The van der Waals surface area contributed by atoms with Crippen molar-refractivity contribution in [2.24, 2.45) is 5.92 Å². The predicted octanol–water partition coefficient (Wildman–Crippen LogP) is 4.30. The molecule has 2 saturated heterocycles. The van der Waals surface area contributed by atoms with E-state index in [1.54, 1.807) is 18.2 Å². The summed E-state index contributed by atoms with van der Waals surface area (Å²) >= 11 is 0. The van der Waals surface area contributed by atoms with Gasteiger partial charge in [0.2, 0.25) is 15.9 Å². The average Bonchev–Trinajstić information content (AvgIpc) is 3.60. The van der Waals surface area contributed by atoms with Crippen molar-refractivity contribution in [2.75, 3.05) is 51.3 Å². The summed E-state index contributed by atoms with van der Waals surface area (Å²) in [5.41, 5.74) is 5.14. The average molecular weight is 667 g/mol. The molecule has 1 N–H and O–H groups in total. The first-order chi connectivity index (χ1) is 21.5. The zero-order chi connectivity index (χ0) is 34.0. The van der Waals surface area contributed by atoms with Gasteiger partial charge in [-0.25, -0.2) is 13.2 Å². The number of halogens is 3. The normalized spacial score (nSPS) is 19.0. The van der Waals surface area contributed by atoms with Gasteiger partial charge in [0.05, 0.1) is 23.6 Å². The number of alkyl halides is 3. The lowest BCUT2D eigenvalue weighted by Crippen LogP contribution is -2.51. The molecule has 3 heterocycles. The number of methoxy groups -OCH3 is 1. The Hall–Kier alpha value is -4.11. The predicted molar refractivity (Wildman–Crippen MR) is 162 cm³/mol. The standard InChI is InChI=1S/C29H36N4O5S.C2HF3O2/c1-19-9-10-20(2)27(15-19)31-11-13-32(14-12-31)29(34)26-18-33(17-25(26)28-21(3)30-38-22(28)4)39(35,36)24-8-6-7-23(16-24)37-5;3-2(4,5)1(6)7/h6-10,15-16,25-26H,11-14,17-18H2,1-5H3;(H,6,7)/t25-,26?;/m1./s1. The summed E-state index contributed by atoms with van der Waals surface area (Å²) in [6, 6.07) is 12.9. The van der Waals surface area contributed by atoms with E-state index in [2.05, 4.69) is 42.1 Å². The van der Waals surface area contributed by atoms with Crippen molar-refractivity contribution >= 4 is 27.6 Å². The van der Waals surface area contributed by atoms with Crippen molar-refractivity contribution in [2.45, 2.75) is 44.7 Å². The van der Waals surface area contributed by atoms with E-state index in [1.165, 1.54) is 34.3 Å². The molecule has 2 aliphatic rings. The Morgan fingerprint density at radius 2 is 1.65 bits per heavy atom. The number of anilines is 1. The molecule has 1 unspecified atom stereocenters. The van der Waals surface area contributed by atoms with Gasteiger partial charge < -0.3 is 24.2 Å². The lowest BCUT2D eigenvalue weighted by Gasteiger charge is -2.38. The van der Waals surface area contributed by atoms with E-state index in [-0.39, 0.29) is 29.8 Å². The summed E-state index contributed by atoms with van der Waals surface area (Å²) in [5, 5.41) is 11.2. The molecule has 2 aromatic carbocycles. The Morgan fingerprint density at radius 1 is 1.00 bits per heavy atom. The van der Waals surface area contributed by atoms with Gasteiger partial charge in [-0.1, -0.05) is 23.4 Å². The van der Waals surface area contributed by atoms with Crippen LogP contribution in [0.25, 0.3) is 0 Å². The Labute approximate surface area is 265 Å². The van der Waals surface area contributed by atoms with Crippen LogP contribution >= 0.6 is 0 Å². The second-order valence-electron chi connectivity index (χ2n) is 11.4. The summed E-state index contributed by atoms with van der Waals surface area (Å²) in [5.74, 6) is -2.57. The molecule has 15 heteroatoms. The van der Waals surface area contributed by atoms with Gasteiger partial charge in [0.15, 0.2) is 0 Å². The Balaban J connectivity index is 0.000000617. The monoisotopic (exact) mass is 666 g/mol. The molecule has 2 atom stereocenters. The number of carbonyl (C=O) groups is 2. The molecular weight excluding hydrogens is 629 g/mol. The summed E-state index contributed by atoms with van der Waals surface area (Å²) in [4.78, 5) is 27.3. The lowest BCUT2D eigenvalue weighted by molar-refractivity contribution is -0.192. The zero-order valence-electron chi connectivity index (χ0n) is 26.2. The number of aliphatic carboxylic acids is 1. The molecule has 0 radical (unpaired) electrons. The summed E-state index contributed by atoms with van der Waals surface area (Å²) in [6.45, 7) is 10.8. The number of piperazine rings is 1. The molecule has 11 nitrogen and oxygen atoms in total. The molecule has 2 aliphatic heterocycles. The number of sulfonamides is 1. The number of benzene rings is 2. The first-order valence-corrected chi connectivity index (χ1v) is 16.0. The van der Waals surface area contributed by atoms with Crippen molar-refractivity contribution in [1.82, 2.24) is 14.4 Å². The summed E-state index contributed by atoms with van der Waals surface area (Å²) < 4.78 is 71.2.